The number of hydrogen-bond acceptors (Lipinski definition) is 3. The zero-order chi connectivity index (χ0) is 15.5. The van der Waals surface area contributed by atoms with Gasteiger partial charge in [-0.25, -0.2) is 8.42 Å². The molecule has 5 heteroatoms. The highest BCUT2D eigenvalue weighted by molar-refractivity contribution is 7.89. The Labute approximate surface area is 126 Å². The van der Waals surface area contributed by atoms with Crippen molar-refractivity contribution in [2.24, 2.45) is 0 Å². The number of benzene rings is 1. The Hall–Kier alpha value is -1.72. The summed E-state index contributed by atoms with van der Waals surface area (Å²) in [6, 6.07) is 10.7. The fourth-order valence-corrected chi connectivity index (χ4v) is 3.20. The third-order valence-electron chi connectivity index (χ3n) is 3.38. The molecule has 0 aliphatic carbocycles. The zero-order valence-corrected chi connectivity index (χ0v) is 13.3. The standard InChI is InChI=1S/C16H20N2O2S/c1-13(2)15-6-8-16(9-7-15)21(19,20)18(3)12-14-5-4-10-17-11-14/h4-11,13H,12H2,1-3H3. The minimum atomic E-state index is -3.47. The summed E-state index contributed by atoms with van der Waals surface area (Å²) in [6.07, 6.45) is 3.34. The van der Waals surface area contributed by atoms with Gasteiger partial charge in [0.05, 0.1) is 4.90 Å². The molecular weight excluding hydrogens is 284 g/mol. The van der Waals surface area contributed by atoms with Crippen LogP contribution in [0, 0.1) is 0 Å². The first-order chi connectivity index (χ1) is 9.91. The molecule has 2 aromatic rings. The Kier molecular flexibility index (Phi) is 4.75. The van der Waals surface area contributed by atoms with Crippen molar-refractivity contribution in [1.82, 2.24) is 9.29 Å². The monoisotopic (exact) mass is 304 g/mol. The van der Waals surface area contributed by atoms with Crippen LogP contribution in [0.3, 0.4) is 0 Å². The topological polar surface area (TPSA) is 50.3 Å². The molecule has 4 nitrogen and oxygen atoms in total. The van der Waals surface area contributed by atoms with E-state index in [2.05, 4.69) is 18.8 Å². The molecule has 0 aliphatic heterocycles. The van der Waals surface area contributed by atoms with Crippen molar-refractivity contribution in [3.05, 3.63) is 59.9 Å². The molecule has 1 aromatic heterocycles. The molecule has 0 aliphatic rings. The van der Waals surface area contributed by atoms with Crippen molar-refractivity contribution in [2.75, 3.05) is 7.05 Å². The fraction of sp³-hybridized carbons (Fsp3) is 0.312. The van der Waals surface area contributed by atoms with E-state index in [9.17, 15) is 8.42 Å². The van der Waals surface area contributed by atoms with E-state index in [-0.39, 0.29) is 0 Å². The lowest BCUT2D eigenvalue weighted by Crippen LogP contribution is -2.26. The molecule has 21 heavy (non-hydrogen) atoms. The highest BCUT2D eigenvalue weighted by Crippen LogP contribution is 2.20. The van der Waals surface area contributed by atoms with Gasteiger partial charge in [0.1, 0.15) is 0 Å². The third kappa shape index (κ3) is 3.68. The lowest BCUT2D eigenvalue weighted by atomic mass is 10.0. The fourth-order valence-electron chi connectivity index (χ4n) is 2.04. The highest BCUT2D eigenvalue weighted by Gasteiger charge is 2.20. The third-order valence-corrected chi connectivity index (χ3v) is 5.20. The molecule has 0 bridgehead atoms. The second kappa shape index (κ2) is 6.37. The first-order valence-electron chi connectivity index (χ1n) is 6.86. The molecule has 0 unspecified atom stereocenters. The normalized spacial score (nSPS) is 12.0. The molecule has 0 amide bonds. The summed E-state index contributed by atoms with van der Waals surface area (Å²) in [5.41, 5.74) is 1.99. The largest absolute Gasteiger partial charge is 0.264 e. The van der Waals surface area contributed by atoms with Crippen molar-refractivity contribution in [3.8, 4) is 0 Å². The van der Waals surface area contributed by atoms with Gasteiger partial charge in [0.25, 0.3) is 0 Å². The maximum absolute atomic E-state index is 12.5. The quantitative estimate of drug-likeness (QED) is 0.853. The molecule has 0 radical (unpaired) electrons. The second-order valence-electron chi connectivity index (χ2n) is 5.35. The van der Waals surface area contributed by atoms with Gasteiger partial charge in [-0.05, 0) is 35.2 Å². The first-order valence-corrected chi connectivity index (χ1v) is 8.30. The molecule has 0 saturated heterocycles. The Balaban J connectivity index is 2.20. The summed E-state index contributed by atoms with van der Waals surface area (Å²) in [6.45, 7) is 4.47. The van der Waals surface area contributed by atoms with Crippen LogP contribution in [0.25, 0.3) is 0 Å². The lowest BCUT2D eigenvalue weighted by Gasteiger charge is -2.17. The number of sulfonamides is 1. The predicted octanol–water partition coefficient (Wildman–Crippen LogP) is 3.03. The van der Waals surface area contributed by atoms with Crippen LogP contribution in [0.15, 0.2) is 53.7 Å². The summed E-state index contributed by atoms with van der Waals surface area (Å²) >= 11 is 0. The van der Waals surface area contributed by atoms with Crippen LogP contribution in [0.5, 0.6) is 0 Å². The highest BCUT2D eigenvalue weighted by atomic mass is 32.2. The van der Waals surface area contributed by atoms with Gasteiger partial charge in [0.2, 0.25) is 10.0 Å². The Morgan fingerprint density at radius 2 is 1.81 bits per heavy atom. The van der Waals surface area contributed by atoms with Crippen LogP contribution in [-0.2, 0) is 16.6 Å². The molecule has 0 atom stereocenters. The van der Waals surface area contributed by atoms with Crippen LogP contribution in [-0.4, -0.2) is 24.8 Å². The molecule has 1 aromatic carbocycles. The summed E-state index contributed by atoms with van der Waals surface area (Å²) < 4.78 is 26.4. The maximum Gasteiger partial charge on any atom is 0.243 e. The molecule has 0 fully saturated rings. The smallest absolute Gasteiger partial charge is 0.243 e. The summed E-state index contributed by atoms with van der Waals surface area (Å²) in [4.78, 5) is 4.32. The lowest BCUT2D eigenvalue weighted by molar-refractivity contribution is 0.466. The van der Waals surface area contributed by atoms with Crippen molar-refractivity contribution in [3.63, 3.8) is 0 Å². The molecule has 1 heterocycles. The van der Waals surface area contributed by atoms with Gasteiger partial charge >= 0.3 is 0 Å². The predicted molar refractivity (Wildman–Crippen MR) is 83.4 cm³/mol. The van der Waals surface area contributed by atoms with E-state index in [1.54, 1.807) is 37.6 Å². The van der Waals surface area contributed by atoms with E-state index in [1.807, 2.05) is 18.2 Å². The molecule has 0 spiro atoms. The van der Waals surface area contributed by atoms with E-state index < -0.39 is 10.0 Å². The Bertz CT molecular complexity index is 680. The van der Waals surface area contributed by atoms with Gasteiger partial charge in [-0.1, -0.05) is 32.0 Å². The number of aromatic nitrogens is 1. The Morgan fingerprint density at radius 3 is 2.33 bits per heavy atom. The van der Waals surface area contributed by atoms with E-state index in [0.29, 0.717) is 17.4 Å². The first kappa shape index (κ1) is 15.7. The Morgan fingerprint density at radius 1 is 1.14 bits per heavy atom. The molecule has 112 valence electrons. The minimum Gasteiger partial charge on any atom is -0.264 e. The van der Waals surface area contributed by atoms with Gasteiger partial charge in [0, 0.05) is 26.0 Å². The number of nitrogens with zero attached hydrogens (tertiary/aromatic N) is 2. The van der Waals surface area contributed by atoms with Gasteiger partial charge in [0.15, 0.2) is 0 Å². The molecular formula is C16H20N2O2S. The summed E-state index contributed by atoms with van der Waals surface area (Å²) in [5, 5.41) is 0. The number of pyridine rings is 1. The SMILES string of the molecule is CC(C)c1ccc(S(=O)(=O)N(C)Cc2cccnc2)cc1. The van der Waals surface area contributed by atoms with E-state index >= 15 is 0 Å². The van der Waals surface area contributed by atoms with Crippen LogP contribution < -0.4 is 0 Å². The minimum absolute atomic E-state index is 0.308. The molecule has 2 rings (SSSR count). The van der Waals surface area contributed by atoms with Crippen molar-refractivity contribution in [2.45, 2.75) is 31.2 Å². The van der Waals surface area contributed by atoms with E-state index in [4.69, 9.17) is 0 Å². The van der Waals surface area contributed by atoms with Crippen molar-refractivity contribution < 1.29 is 8.42 Å². The average molecular weight is 304 g/mol. The van der Waals surface area contributed by atoms with Gasteiger partial charge in [-0.15, -0.1) is 0 Å². The number of hydrogen-bond donors (Lipinski definition) is 0. The average Bonchev–Trinajstić information content (AvgIpc) is 2.48. The maximum atomic E-state index is 12.5. The molecule has 0 saturated carbocycles. The molecule has 0 N–H and O–H groups in total. The van der Waals surface area contributed by atoms with Gasteiger partial charge < -0.3 is 0 Å². The zero-order valence-electron chi connectivity index (χ0n) is 12.5. The van der Waals surface area contributed by atoms with Crippen LogP contribution in [0.2, 0.25) is 0 Å². The van der Waals surface area contributed by atoms with Crippen molar-refractivity contribution in [1.29, 1.82) is 0 Å². The summed E-state index contributed by atoms with van der Waals surface area (Å²) in [7, 11) is -1.89. The second-order valence-corrected chi connectivity index (χ2v) is 7.39. The van der Waals surface area contributed by atoms with Gasteiger partial charge in [-0.2, -0.15) is 4.31 Å². The van der Waals surface area contributed by atoms with Gasteiger partial charge in [-0.3, -0.25) is 4.98 Å². The van der Waals surface area contributed by atoms with E-state index in [0.717, 1.165) is 11.1 Å². The van der Waals surface area contributed by atoms with Crippen LogP contribution in [0.1, 0.15) is 30.9 Å². The summed E-state index contributed by atoms with van der Waals surface area (Å²) in [5.74, 6) is 0.384. The van der Waals surface area contributed by atoms with Crippen molar-refractivity contribution >= 4 is 10.0 Å². The van der Waals surface area contributed by atoms with Crippen LogP contribution in [0.4, 0.5) is 0 Å². The van der Waals surface area contributed by atoms with E-state index in [1.165, 1.54) is 4.31 Å². The van der Waals surface area contributed by atoms with Crippen LogP contribution >= 0.6 is 0 Å². The number of rotatable bonds is 5.